The van der Waals surface area contributed by atoms with Crippen LogP contribution in [-0.2, 0) is 5.75 Å². The number of nitrogen functional groups attached to an aromatic ring is 1. The molecule has 3 aromatic rings. The maximum Gasteiger partial charge on any atom is 0.237 e. The Balaban J connectivity index is 1.72. The van der Waals surface area contributed by atoms with Crippen LogP contribution in [0, 0.1) is 6.92 Å². The first kappa shape index (κ1) is 14.8. The Morgan fingerprint density at radius 2 is 2.09 bits per heavy atom. The van der Waals surface area contributed by atoms with E-state index in [1.807, 2.05) is 19.1 Å². The highest BCUT2D eigenvalue weighted by molar-refractivity contribution is 7.98. The highest BCUT2D eigenvalue weighted by Gasteiger charge is 2.10. The summed E-state index contributed by atoms with van der Waals surface area (Å²) >= 11 is 7.34. The summed E-state index contributed by atoms with van der Waals surface area (Å²) in [5, 5.41) is 5.16. The maximum absolute atomic E-state index is 5.95. The van der Waals surface area contributed by atoms with Crippen LogP contribution in [0.15, 0.2) is 40.0 Å². The Morgan fingerprint density at radius 3 is 2.86 bits per heavy atom. The smallest absolute Gasteiger partial charge is 0.237 e. The molecule has 0 aliphatic rings. The minimum Gasteiger partial charge on any atom is -0.384 e. The number of thioether (sulfide) groups is 1. The van der Waals surface area contributed by atoms with Crippen LogP contribution < -0.4 is 5.73 Å². The molecule has 6 nitrogen and oxygen atoms in total. The van der Waals surface area contributed by atoms with E-state index in [9.17, 15) is 0 Å². The van der Waals surface area contributed by atoms with Gasteiger partial charge in [-0.1, -0.05) is 40.7 Å². The van der Waals surface area contributed by atoms with Crippen molar-refractivity contribution >= 4 is 29.2 Å². The molecule has 2 aromatic heterocycles. The second kappa shape index (κ2) is 6.33. The first-order valence-electron chi connectivity index (χ1n) is 6.42. The minimum absolute atomic E-state index is 0.445. The van der Waals surface area contributed by atoms with Gasteiger partial charge in [-0.15, -0.1) is 0 Å². The zero-order valence-corrected chi connectivity index (χ0v) is 13.2. The largest absolute Gasteiger partial charge is 0.384 e. The van der Waals surface area contributed by atoms with E-state index in [-0.39, 0.29) is 0 Å². The molecule has 0 unspecified atom stereocenters. The van der Waals surface area contributed by atoms with Crippen LogP contribution in [0.5, 0.6) is 0 Å². The molecule has 0 aliphatic carbocycles. The molecular formula is C14H12ClN5OS. The number of halogens is 1. The summed E-state index contributed by atoms with van der Waals surface area (Å²) in [6.07, 6.45) is 0. The van der Waals surface area contributed by atoms with Crippen LogP contribution >= 0.6 is 23.4 Å². The van der Waals surface area contributed by atoms with Crippen LogP contribution in [-0.4, -0.2) is 20.1 Å². The van der Waals surface area contributed by atoms with Crippen molar-refractivity contribution in [1.29, 1.82) is 0 Å². The van der Waals surface area contributed by atoms with Crippen LogP contribution in [0.4, 0.5) is 5.82 Å². The molecule has 0 amide bonds. The predicted octanol–water partition coefficient (Wildman–Crippen LogP) is 3.36. The van der Waals surface area contributed by atoms with Crippen LogP contribution in [0.3, 0.4) is 0 Å². The third-order valence-electron chi connectivity index (χ3n) is 2.73. The van der Waals surface area contributed by atoms with Gasteiger partial charge in [-0.05, 0) is 19.1 Å². The first-order valence-corrected chi connectivity index (χ1v) is 7.79. The summed E-state index contributed by atoms with van der Waals surface area (Å²) < 4.78 is 5.23. The Bertz CT molecular complexity index is 787. The van der Waals surface area contributed by atoms with Gasteiger partial charge in [0.05, 0.1) is 5.75 Å². The van der Waals surface area contributed by atoms with Crippen molar-refractivity contribution in [1.82, 2.24) is 20.1 Å². The maximum atomic E-state index is 5.95. The molecule has 0 spiro atoms. The Morgan fingerprint density at radius 1 is 1.23 bits per heavy atom. The van der Waals surface area contributed by atoms with Gasteiger partial charge < -0.3 is 10.3 Å². The molecule has 112 valence electrons. The van der Waals surface area contributed by atoms with E-state index in [1.54, 1.807) is 18.2 Å². The van der Waals surface area contributed by atoms with Gasteiger partial charge in [-0.2, -0.15) is 4.98 Å². The van der Waals surface area contributed by atoms with Gasteiger partial charge in [-0.25, -0.2) is 9.97 Å². The van der Waals surface area contributed by atoms with E-state index >= 15 is 0 Å². The normalized spacial score (nSPS) is 10.8. The van der Waals surface area contributed by atoms with Gasteiger partial charge in [0.25, 0.3) is 0 Å². The lowest BCUT2D eigenvalue weighted by molar-refractivity contribution is 0.391. The third-order valence-corrected chi connectivity index (χ3v) is 3.80. The van der Waals surface area contributed by atoms with Crippen LogP contribution in [0.1, 0.15) is 11.6 Å². The van der Waals surface area contributed by atoms with E-state index in [1.165, 1.54) is 11.8 Å². The predicted molar refractivity (Wildman–Crippen MR) is 85.5 cm³/mol. The number of aromatic nitrogens is 4. The van der Waals surface area contributed by atoms with Gasteiger partial charge in [0.2, 0.25) is 11.7 Å². The number of hydrogen-bond donors (Lipinski definition) is 1. The summed E-state index contributed by atoms with van der Waals surface area (Å²) in [5.74, 6) is 1.91. The number of aryl methyl sites for hydroxylation is 1. The van der Waals surface area contributed by atoms with Gasteiger partial charge in [0, 0.05) is 22.3 Å². The second-order valence-electron chi connectivity index (χ2n) is 4.53. The standard InChI is InChI=1S/C14H12ClN5OS/c1-8-5-11(16)18-14(17-8)22-7-12-19-13(20-21-12)9-3-2-4-10(15)6-9/h2-6H,7H2,1H3,(H2,16,17,18). The average molecular weight is 334 g/mol. The highest BCUT2D eigenvalue weighted by atomic mass is 35.5. The number of rotatable bonds is 4. The number of nitrogens with two attached hydrogens (primary N) is 1. The third kappa shape index (κ3) is 3.55. The highest BCUT2D eigenvalue weighted by Crippen LogP contribution is 2.23. The van der Waals surface area contributed by atoms with E-state index in [0.29, 0.717) is 33.5 Å². The SMILES string of the molecule is Cc1cc(N)nc(SCc2nc(-c3cccc(Cl)c3)no2)n1. The van der Waals surface area contributed by atoms with Crippen LogP contribution in [0.2, 0.25) is 5.02 Å². The molecule has 0 atom stereocenters. The van der Waals surface area contributed by atoms with Crippen LogP contribution in [0.25, 0.3) is 11.4 Å². The van der Waals surface area contributed by atoms with E-state index in [2.05, 4.69) is 20.1 Å². The molecule has 1 aromatic carbocycles. The lowest BCUT2D eigenvalue weighted by Crippen LogP contribution is -1.96. The topological polar surface area (TPSA) is 90.7 Å². The fourth-order valence-corrected chi connectivity index (χ4v) is 2.75. The minimum atomic E-state index is 0.445. The van der Waals surface area contributed by atoms with Crippen molar-refractivity contribution in [2.24, 2.45) is 0 Å². The molecule has 0 saturated carbocycles. The molecule has 0 aliphatic heterocycles. The Hall–Kier alpha value is -2.12. The van der Waals surface area contributed by atoms with Gasteiger partial charge in [-0.3, -0.25) is 0 Å². The number of benzene rings is 1. The Labute approximate surface area is 136 Å². The van der Waals surface area contributed by atoms with E-state index < -0.39 is 0 Å². The molecule has 3 rings (SSSR count). The monoisotopic (exact) mass is 333 g/mol. The molecule has 2 N–H and O–H groups in total. The average Bonchev–Trinajstić information content (AvgIpc) is 2.93. The molecule has 0 saturated heterocycles. The number of anilines is 1. The summed E-state index contributed by atoms with van der Waals surface area (Å²) in [4.78, 5) is 12.8. The zero-order chi connectivity index (χ0) is 15.5. The van der Waals surface area contributed by atoms with Crippen molar-refractivity contribution in [3.63, 3.8) is 0 Å². The van der Waals surface area contributed by atoms with Crippen molar-refractivity contribution in [2.75, 3.05) is 5.73 Å². The molecule has 22 heavy (non-hydrogen) atoms. The second-order valence-corrected chi connectivity index (χ2v) is 5.91. The molecule has 2 heterocycles. The quantitative estimate of drug-likeness (QED) is 0.578. The molecule has 0 fully saturated rings. The summed E-state index contributed by atoms with van der Waals surface area (Å²) in [5.41, 5.74) is 7.32. The first-order chi connectivity index (χ1) is 10.6. The molecule has 0 bridgehead atoms. The fraction of sp³-hybridized carbons (Fsp3) is 0.143. The fourth-order valence-electron chi connectivity index (χ4n) is 1.81. The van der Waals surface area contributed by atoms with Crippen molar-refractivity contribution in [3.05, 3.63) is 46.9 Å². The number of nitrogens with zero attached hydrogens (tertiary/aromatic N) is 4. The zero-order valence-electron chi connectivity index (χ0n) is 11.7. The lowest BCUT2D eigenvalue weighted by Gasteiger charge is -2.00. The van der Waals surface area contributed by atoms with Gasteiger partial charge in [0.1, 0.15) is 5.82 Å². The lowest BCUT2D eigenvalue weighted by atomic mass is 10.2. The Kier molecular flexibility index (Phi) is 4.26. The van der Waals surface area contributed by atoms with Crippen molar-refractivity contribution in [3.8, 4) is 11.4 Å². The van der Waals surface area contributed by atoms with E-state index in [0.717, 1.165) is 11.3 Å². The number of hydrogen-bond acceptors (Lipinski definition) is 7. The summed E-state index contributed by atoms with van der Waals surface area (Å²) in [6, 6.07) is 9.01. The summed E-state index contributed by atoms with van der Waals surface area (Å²) in [6.45, 7) is 1.87. The summed E-state index contributed by atoms with van der Waals surface area (Å²) in [7, 11) is 0. The van der Waals surface area contributed by atoms with Crippen molar-refractivity contribution in [2.45, 2.75) is 17.8 Å². The molecular weight excluding hydrogens is 322 g/mol. The van der Waals surface area contributed by atoms with E-state index in [4.69, 9.17) is 21.9 Å². The molecule has 0 radical (unpaired) electrons. The molecule has 8 heteroatoms. The van der Waals surface area contributed by atoms with Gasteiger partial charge >= 0.3 is 0 Å². The van der Waals surface area contributed by atoms with Gasteiger partial charge in [0.15, 0.2) is 5.16 Å². The van der Waals surface area contributed by atoms with Crippen molar-refractivity contribution < 1.29 is 4.52 Å².